The monoisotopic (exact) mass is 392 g/mol. The zero-order chi connectivity index (χ0) is 19.2. The Hall–Kier alpha value is -2.42. The number of nitrogens with zero attached hydrogens (tertiary/aromatic N) is 2. The number of carbonyl (C=O) groups excluding carboxylic acids is 2. The van der Waals surface area contributed by atoms with Crippen LogP contribution in [-0.4, -0.2) is 45.4 Å². The fourth-order valence-electron chi connectivity index (χ4n) is 4.03. The van der Waals surface area contributed by atoms with Crippen LogP contribution in [-0.2, 0) is 4.79 Å². The van der Waals surface area contributed by atoms with E-state index in [9.17, 15) is 9.59 Å². The summed E-state index contributed by atoms with van der Waals surface area (Å²) in [4.78, 5) is 31.7. The molecule has 28 heavy (non-hydrogen) atoms. The van der Waals surface area contributed by atoms with E-state index >= 15 is 0 Å². The van der Waals surface area contributed by atoms with Gasteiger partial charge in [0.15, 0.2) is 0 Å². The van der Waals surface area contributed by atoms with Crippen molar-refractivity contribution in [3.05, 3.63) is 11.8 Å². The number of anilines is 2. The molecule has 9 heteroatoms. The minimum Gasteiger partial charge on any atom is -0.412 e. The lowest BCUT2D eigenvalue weighted by Gasteiger charge is -2.29. The fraction of sp³-hybridized carbons (Fsp3) is 0.684. The second-order valence-corrected chi connectivity index (χ2v) is 7.69. The minimum atomic E-state index is -0.518. The van der Waals surface area contributed by atoms with Crippen molar-refractivity contribution < 1.29 is 15.1 Å². The number of hydrogen-bond acceptors (Lipinski definition) is 6. The standard InChI is InChI=1S/C19H30N6O2.H2O/c1-12(26)22-14-7-9-15(10-8-14)24-19-21-11-16(17(20)27)18(25-19)23-13-5-3-2-4-6-13;/h11,13-15H,2-10H2,1H3,(H2,20,27)(H,22,26)(H2,21,23,24,25);1H2. The van der Waals surface area contributed by atoms with Crippen molar-refractivity contribution in [1.82, 2.24) is 15.3 Å². The molecule has 1 aromatic heterocycles. The Bertz CT molecular complexity index is 670. The highest BCUT2D eigenvalue weighted by Crippen LogP contribution is 2.25. The maximum atomic E-state index is 11.7. The first kappa shape index (κ1) is 21.9. The molecule has 0 radical (unpaired) electrons. The quantitative estimate of drug-likeness (QED) is 0.573. The Kier molecular flexibility index (Phi) is 7.98. The third kappa shape index (κ3) is 6.05. The van der Waals surface area contributed by atoms with Crippen LogP contribution in [0.3, 0.4) is 0 Å². The normalized spacial score (nSPS) is 22.6. The number of hydrogen-bond donors (Lipinski definition) is 4. The van der Waals surface area contributed by atoms with Gasteiger partial charge in [0, 0.05) is 31.2 Å². The maximum absolute atomic E-state index is 11.7. The lowest BCUT2D eigenvalue weighted by molar-refractivity contribution is -0.119. The summed E-state index contributed by atoms with van der Waals surface area (Å²) in [5.74, 6) is 0.547. The molecule has 7 N–H and O–H groups in total. The number of aromatic nitrogens is 2. The molecule has 1 aromatic rings. The summed E-state index contributed by atoms with van der Waals surface area (Å²) in [6, 6.07) is 0.840. The predicted octanol–water partition coefficient (Wildman–Crippen LogP) is 1.35. The molecule has 2 fully saturated rings. The van der Waals surface area contributed by atoms with Gasteiger partial charge in [-0.2, -0.15) is 4.98 Å². The summed E-state index contributed by atoms with van der Waals surface area (Å²) in [7, 11) is 0. The Labute approximate surface area is 165 Å². The van der Waals surface area contributed by atoms with Gasteiger partial charge in [0.25, 0.3) is 5.91 Å². The molecule has 1 heterocycles. The zero-order valence-electron chi connectivity index (χ0n) is 16.5. The number of nitrogens with one attached hydrogen (secondary N) is 3. The van der Waals surface area contributed by atoms with Gasteiger partial charge in [0.05, 0.1) is 5.56 Å². The van der Waals surface area contributed by atoms with Gasteiger partial charge in [0.2, 0.25) is 11.9 Å². The number of carbonyl (C=O) groups is 2. The second-order valence-electron chi connectivity index (χ2n) is 7.69. The van der Waals surface area contributed by atoms with E-state index in [0.29, 0.717) is 23.4 Å². The lowest BCUT2D eigenvalue weighted by atomic mass is 9.91. The summed E-state index contributed by atoms with van der Waals surface area (Å²) in [5, 5.41) is 9.75. The van der Waals surface area contributed by atoms with Gasteiger partial charge in [0.1, 0.15) is 5.82 Å². The first-order valence-corrected chi connectivity index (χ1v) is 9.98. The summed E-state index contributed by atoms with van der Waals surface area (Å²) in [5.41, 5.74) is 5.83. The summed E-state index contributed by atoms with van der Waals surface area (Å²) in [6.45, 7) is 1.55. The summed E-state index contributed by atoms with van der Waals surface area (Å²) in [6.07, 6.45) is 11.1. The molecule has 0 atom stereocenters. The van der Waals surface area contributed by atoms with Crippen LogP contribution >= 0.6 is 0 Å². The van der Waals surface area contributed by atoms with Crippen molar-refractivity contribution in [1.29, 1.82) is 0 Å². The third-order valence-electron chi connectivity index (χ3n) is 5.47. The smallest absolute Gasteiger partial charge is 0.254 e. The Morgan fingerprint density at radius 3 is 2.18 bits per heavy atom. The predicted molar refractivity (Wildman–Crippen MR) is 108 cm³/mol. The van der Waals surface area contributed by atoms with Crippen molar-refractivity contribution in [2.24, 2.45) is 5.73 Å². The van der Waals surface area contributed by atoms with Gasteiger partial charge in [-0.25, -0.2) is 4.98 Å². The van der Waals surface area contributed by atoms with Crippen LogP contribution < -0.4 is 21.7 Å². The van der Waals surface area contributed by atoms with E-state index in [4.69, 9.17) is 5.73 Å². The molecule has 2 amide bonds. The van der Waals surface area contributed by atoms with Crippen LogP contribution in [0.4, 0.5) is 11.8 Å². The molecule has 0 saturated heterocycles. The van der Waals surface area contributed by atoms with Crippen LogP contribution in [0, 0.1) is 0 Å². The van der Waals surface area contributed by atoms with E-state index < -0.39 is 5.91 Å². The zero-order valence-corrected chi connectivity index (χ0v) is 16.5. The molecule has 2 aliphatic carbocycles. The van der Waals surface area contributed by atoms with E-state index in [1.54, 1.807) is 6.92 Å². The van der Waals surface area contributed by atoms with Crippen LogP contribution in [0.1, 0.15) is 75.1 Å². The van der Waals surface area contributed by atoms with E-state index in [0.717, 1.165) is 38.5 Å². The average molecular weight is 393 g/mol. The van der Waals surface area contributed by atoms with E-state index in [1.165, 1.54) is 25.5 Å². The number of amides is 2. The first-order chi connectivity index (χ1) is 13.0. The molecule has 156 valence electrons. The molecule has 0 unspecified atom stereocenters. The minimum absolute atomic E-state index is 0. The highest BCUT2D eigenvalue weighted by Gasteiger charge is 2.23. The maximum Gasteiger partial charge on any atom is 0.254 e. The fourth-order valence-corrected chi connectivity index (χ4v) is 4.03. The number of rotatable bonds is 6. The Balaban J connectivity index is 0.00000280. The number of nitrogens with two attached hydrogens (primary N) is 1. The second kappa shape index (κ2) is 10.2. The SMILES string of the molecule is CC(=O)NC1CCC(Nc2ncc(C(N)=O)c(NC3CCCCC3)n2)CC1.O. The van der Waals surface area contributed by atoms with Gasteiger partial charge in [-0.05, 0) is 38.5 Å². The highest BCUT2D eigenvalue weighted by atomic mass is 16.1. The van der Waals surface area contributed by atoms with Crippen molar-refractivity contribution in [3.8, 4) is 0 Å². The Morgan fingerprint density at radius 1 is 0.964 bits per heavy atom. The van der Waals surface area contributed by atoms with E-state index in [2.05, 4.69) is 25.9 Å². The van der Waals surface area contributed by atoms with Gasteiger partial charge in [-0.1, -0.05) is 19.3 Å². The third-order valence-corrected chi connectivity index (χ3v) is 5.47. The first-order valence-electron chi connectivity index (χ1n) is 9.98. The van der Waals surface area contributed by atoms with Crippen molar-refractivity contribution in [3.63, 3.8) is 0 Å². The topological polar surface area (TPSA) is 154 Å². The van der Waals surface area contributed by atoms with Crippen LogP contribution in [0.2, 0.25) is 0 Å². The van der Waals surface area contributed by atoms with Gasteiger partial charge in [-0.15, -0.1) is 0 Å². The molecule has 0 spiro atoms. The lowest BCUT2D eigenvalue weighted by Crippen LogP contribution is -2.39. The van der Waals surface area contributed by atoms with Crippen molar-refractivity contribution >= 4 is 23.6 Å². The van der Waals surface area contributed by atoms with Gasteiger partial charge in [-0.3, -0.25) is 9.59 Å². The van der Waals surface area contributed by atoms with Crippen molar-refractivity contribution in [2.45, 2.75) is 82.8 Å². The molecule has 0 aliphatic heterocycles. The molecular weight excluding hydrogens is 360 g/mol. The van der Waals surface area contributed by atoms with E-state index in [1.807, 2.05) is 0 Å². The highest BCUT2D eigenvalue weighted by molar-refractivity contribution is 5.97. The van der Waals surface area contributed by atoms with Crippen molar-refractivity contribution in [2.75, 3.05) is 10.6 Å². The molecule has 3 rings (SSSR count). The summed E-state index contributed by atoms with van der Waals surface area (Å²) >= 11 is 0. The molecule has 2 aliphatic rings. The van der Waals surface area contributed by atoms with E-state index in [-0.39, 0.29) is 23.5 Å². The summed E-state index contributed by atoms with van der Waals surface area (Å²) < 4.78 is 0. The largest absolute Gasteiger partial charge is 0.412 e. The molecule has 0 bridgehead atoms. The molecule has 9 nitrogen and oxygen atoms in total. The van der Waals surface area contributed by atoms with Crippen LogP contribution in [0.25, 0.3) is 0 Å². The van der Waals surface area contributed by atoms with Gasteiger partial charge >= 0.3 is 0 Å². The molecule has 0 aromatic carbocycles. The number of primary amides is 1. The van der Waals surface area contributed by atoms with Crippen LogP contribution in [0.5, 0.6) is 0 Å². The van der Waals surface area contributed by atoms with Crippen LogP contribution in [0.15, 0.2) is 6.20 Å². The molecule has 2 saturated carbocycles. The Morgan fingerprint density at radius 2 is 1.57 bits per heavy atom. The van der Waals surface area contributed by atoms with Gasteiger partial charge < -0.3 is 27.2 Å². The average Bonchev–Trinajstić information content (AvgIpc) is 2.64. The molecular formula is C19H32N6O3.